The van der Waals surface area contributed by atoms with Crippen LogP contribution < -0.4 is 0 Å². The van der Waals surface area contributed by atoms with Gasteiger partial charge in [0.15, 0.2) is 5.82 Å². The number of nitrogens with zero attached hydrogens (tertiary/aromatic N) is 3. The highest BCUT2D eigenvalue weighted by atomic mass is 35.5. The molecule has 1 aromatic rings. The molecule has 0 saturated carbocycles. The number of halogens is 1. The Labute approximate surface area is 94.6 Å². The van der Waals surface area contributed by atoms with E-state index in [9.17, 15) is 0 Å². The highest BCUT2D eigenvalue weighted by molar-refractivity contribution is 6.16. The summed E-state index contributed by atoms with van der Waals surface area (Å²) < 4.78 is 7.74. The van der Waals surface area contributed by atoms with Crippen molar-refractivity contribution in [1.29, 1.82) is 0 Å². The molecule has 1 aliphatic heterocycles. The predicted octanol–water partition coefficient (Wildman–Crippen LogP) is 2.13. The normalized spacial score (nSPS) is 26.1. The van der Waals surface area contributed by atoms with Crippen LogP contribution in [0, 0.1) is 5.92 Å². The van der Waals surface area contributed by atoms with Gasteiger partial charge in [0.2, 0.25) is 0 Å². The Morgan fingerprint density at radius 1 is 1.53 bits per heavy atom. The quantitative estimate of drug-likeness (QED) is 0.746. The zero-order valence-electron chi connectivity index (χ0n) is 9.11. The van der Waals surface area contributed by atoms with Crippen LogP contribution in [-0.2, 0) is 17.2 Å². The van der Waals surface area contributed by atoms with E-state index in [0.717, 1.165) is 31.2 Å². The van der Waals surface area contributed by atoms with Gasteiger partial charge in [-0.3, -0.25) is 0 Å². The van der Waals surface area contributed by atoms with Gasteiger partial charge in [-0.15, -0.1) is 21.8 Å². The van der Waals surface area contributed by atoms with E-state index < -0.39 is 0 Å². The molecule has 0 aliphatic carbocycles. The zero-order valence-corrected chi connectivity index (χ0v) is 9.87. The van der Waals surface area contributed by atoms with Crippen molar-refractivity contribution in [2.24, 2.45) is 5.92 Å². The highest BCUT2D eigenvalue weighted by Crippen LogP contribution is 2.33. The molecule has 4 nitrogen and oxygen atoms in total. The molecule has 1 aliphatic rings. The molecular formula is C10H16ClN3O. The maximum absolute atomic E-state index is 5.80. The molecule has 84 valence electrons. The molecule has 2 atom stereocenters. The molecule has 1 fully saturated rings. The Kier molecular flexibility index (Phi) is 3.26. The topological polar surface area (TPSA) is 39.9 Å². The lowest BCUT2D eigenvalue weighted by Gasteiger charge is -2.15. The smallest absolute Gasteiger partial charge is 0.162 e. The van der Waals surface area contributed by atoms with Crippen molar-refractivity contribution in [2.45, 2.75) is 38.8 Å². The van der Waals surface area contributed by atoms with E-state index in [1.807, 2.05) is 0 Å². The van der Waals surface area contributed by atoms with Crippen molar-refractivity contribution >= 4 is 11.6 Å². The Morgan fingerprint density at radius 3 is 2.87 bits per heavy atom. The molecule has 0 radical (unpaired) electrons. The number of hydrogen-bond donors (Lipinski definition) is 0. The molecule has 0 N–H and O–H groups in total. The van der Waals surface area contributed by atoms with E-state index in [1.165, 1.54) is 0 Å². The van der Waals surface area contributed by atoms with Gasteiger partial charge in [0.05, 0.1) is 5.88 Å². The summed E-state index contributed by atoms with van der Waals surface area (Å²) >= 11 is 5.80. The van der Waals surface area contributed by atoms with Gasteiger partial charge in [0, 0.05) is 13.2 Å². The van der Waals surface area contributed by atoms with Gasteiger partial charge in [-0.2, -0.15) is 0 Å². The zero-order chi connectivity index (χ0) is 10.8. The van der Waals surface area contributed by atoms with Gasteiger partial charge in [-0.05, 0) is 19.3 Å². The van der Waals surface area contributed by atoms with E-state index in [2.05, 4.69) is 28.6 Å². The third-order valence-electron chi connectivity index (χ3n) is 2.93. The van der Waals surface area contributed by atoms with Crippen LogP contribution in [0.15, 0.2) is 0 Å². The van der Waals surface area contributed by atoms with Crippen molar-refractivity contribution < 1.29 is 4.74 Å². The summed E-state index contributed by atoms with van der Waals surface area (Å²) in [5, 5.41) is 8.28. The molecule has 15 heavy (non-hydrogen) atoms. The Morgan fingerprint density at radius 2 is 2.33 bits per heavy atom. The summed E-state index contributed by atoms with van der Waals surface area (Å²) in [5.74, 6) is 2.68. The Hall–Kier alpha value is -0.610. The summed E-state index contributed by atoms with van der Waals surface area (Å²) in [6.45, 7) is 5.92. The largest absolute Gasteiger partial charge is 0.370 e. The maximum Gasteiger partial charge on any atom is 0.162 e. The van der Waals surface area contributed by atoms with E-state index in [0.29, 0.717) is 11.8 Å². The predicted molar refractivity (Wildman–Crippen MR) is 57.7 cm³/mol. The minimum absolute atomic E-state index is 0.0921. The van der Waals surface area contributed by atoms with Crippen molar-refractivity contribution in [3.05, 3.63) is 11.6 Å². The first kappa shape index (κ1) is 10.9. The van der Waals surface area contributed by atoms with Gasteiger partial charge in [0.25, 0.3) is 0 Å². The number of hydrogen-bond acceptors (Lipinski definition) is 3. The Bertz CT molecular complexity index is 339. The molecule has 0 bridgehead atoms. The van der Waals surface area contributed by atoms with E-state index in [-0.39, 0.29) is 6.10 Å². The van der Waals surface area contributed by atoms with Crippen molar-refractivity contribution in [3.8, 4) is 0 Å². The van der Waals surface area contributed by atoms with Crippen LogP contribution in [0.5, 0.6) is 0 Å². The van der Waals surface area contributed by atoms with Crippen LogP contribution in [0.25, 0.3) is 0 Å². The van der Waals surface area contributed by atoms with Crippen molar-refractivity contribution in [1.82, 2.24) is 14.8 Å². The number of alkyl halides is 1. The summed E-state index contributed by atoms with van der Waals surface area (Å²) in [4.78, 5) is 0. The standard InChI is InChI=1S/C10H16ClN3O/c1-3-14-8(6-11)12-13-10(14)9-7(2)4-5-15-9/h7,9H,3-6H2,1-2H3. The molecule has 5 heteroatoms. The average molecular weight is 230 g/mol. The SMILES string of the molecule is CCn1c(CCl)nnc1C1OCCC1C. The first-order chi connectivity index (χ1) is 7.27. The van der Waals surface area contributed by atoms with Gasteiger partial charge in [-0.25, -0.2) is 0 Å². The monoisotopic (exact) mass is 229 g/mol. The first-order valence-electron chi connectivity index (χ1n) is 5.37. The Balaban J connectivity index is 2.30. The number of rotatable bonds is 3. The molecule has 2 heterocycles. The van der Waals surface area contributed by atoms with Crippen LogP contribution in [0.4, 0.5) is 0 Å². The summed E-state index contributed by atoms with van der Waals surface area (Å²) in [7, 11) is 0. The highest BCUT2D eigenvalue weighted by Gasteiger charge is 2.30. The second-order valence-electron chi connectivity index (χ2n) is 3.91. The van der Waals surface area contributed by atoms with Crippen LogP contribution in [-0.4, -0.2) is 21.4 Å². The molecule has 1 aromatic heterocycles. The molecular weight excluding hydrogens is 214 g/mol. The summed E-state index contributed by atoms with van der Waals surface area (Å²) in [6.07, 6.45) is 1.19. The fraction of sp³-hybridized carbons (Fsp3) is 0.800. The van der Waals surface area contributed by atoms with Crippen LogP contribution in [0.3, 0.4) is 0 Å². The molecule has 1 saturated heterocycles. The van der Waals surface area contributed by atoms with E-state index in [1.54, 1.807) is 0 Å². The molecule has 0 aromatic carbocycles. The first-order valence-corrected chi connectivity index (χ1v) is 5.91. The molecule has 0 amide bonds. The maximum atomic E-state index is 5.80. The second-order valence-corrected chi connectivity index (χ2v) is 4.18. The lowest BCUT2D eigenvalue weighted by molar-refractivity contribution is 0.0839. The minimum atomic E-state index is 0.0921. The van der Waals surface area contributed by atoms with Crippen LogP contribution in [0.2, 0.25) is 0 Å². The van der Waals surface area contributed by atoms with Crippen molar-refractivity contribution in [3.63, 3.8) is 0 Å². The lowest BCUT2D eigenvalue weighted by Crippen LogP contribution is -2.13. The van der Waals surface area contributed by atoms with Gasteiger partial charge < -0.3 is 9.30 Å². The summed E-state index contributed by atoms with van der Waals surface area (Å²) in [6, 6.07) is 0. The van der Waals surface area contributed by atoms with Crippen molar-refractivity contribution in [2.75, 3.05) is 6.61 Å². The third-order valence-corrected chi connectivity index (χ3v) is 3.17. The second kappa shape index (κ2) is 4.49. The average Bonchev–Trinajstić information content (AvgIpc) is 2.82. The number of aromatic nitrogens is 3. The molecule has 0 spiro atoms. The molecule has 2 rings (SSSR count). The fourth-order valence-corrected chi connectivity index (χ4v) is 2.23. The fourth-order valence-electron chi connectivity index (χ4n) is 2.03. The van der Waals surface area contributed by atoms with Gasteiger partial charge >= 0.3 is 0 Å². The summed E-state index contributed by atoms with van der Waals surface area (Å²) in [5.41, 5.74) is 0. The van der Waals surface area contributed by atoms with E-state index >= 15 is 0 Å². The minimum Gasteiger partial charge on any atom is -0.370 e. The van der Waals surface area contributed by atoms with Crippen LogP contribution >= 0.6 is 11.6 Å². The molecule has 2 unspecified atom stereocenters. The van der Waals surface area contributed by atoms with E-state index in [4.69, 9.17) is 16.3 Å². The third kappa shape index (κ3) is 1.88. The van der Waals surface area contributed by atoms with Gasteiger partial charge in [-0.1, -0.05) is 6.92 Å². The van der Waals surface area contributed by atoms with Crippen LogP contribution in [0.1, 0.15) is 38.0 Å². The van der Waals surface area contributed by atoms with Gasteiger partial charge in [0.1, 0.15) is 11.9 Å². The number of ether oxygens (including phenoxy) is 1. The lowest BCUT2D eigenvalue weighted by atomic mass is 10.0.